The molecular weight excluding hydrogens is 472 g/mol. The van der Waals surface area contributed by atoms with Crippen molar-refractivity contribution < 1.29 is 9.53 Å². The van der Waals surface area contributed by atoms with Crippen molar-refractivity contribution in [2.75, 3.05) is 25.1 Å². The molecule has 2 aromatic heterocycles. The fourth-order valence-corrected chi connectivity index (χ4v) is 4.81. The van der Waals surface area contributed by atoms with E-state index in [2.05, 4.69) is 11.0 Å². The minimum absolute atomic E-state index is 0.0425. The second-order valence-corrected chi connectivity index (χ2v) is 9.95. The van der Waals surface area contributed by atoms with Crippen molar-refractivity contribution in [2.24, 2.45) is 12.8 Å². The van der Waals surface area contributed by atoms with Crippen LogP contribution >= 0.6 is 0 Å². The molecule has 0 bridgehead atoms. The van der Waals surface area contributed by atoms with E-state index in [1.165, 1.54) is 16.2 Å². The van der Waals surface area contributed by atoms with Gasteiger partial charge >= 0.3 is 11.7 Å². The minimum Gasteiger partial charge on any atom is -0.469 e. The molecule has 37 heavy (non-hydrogen) atoms. The first kappa shape index (κ1) is 26.4. The van der Waals surface area contributed by atoms with Gasteiger partial charge in [0.05, 0.1) is 13.5 Å². The van der Waals surface area contributed by atoms with Gasteiger partial charge in [-0.25, -0.2) is 4.79 Å². The molecule has 1 atom stereocenters. The van der Waals surface area contributed by atoms with Crippen LogP contribution < -0.4 is 21.9 Å². The summed E-state index contributed by atoms with van der Waals surface area (Å²) in [6.45, 7) is 6.16. The van der Waals surface area contributed by atoms with Gasteiger partial charge in [-0.05, 0) is 44.2 Å². The molecule has 1 aliphatic heterocycles. The van der Waals surface area contributed by atoms with Gasteiger partial charge < -0.3 is 19.9 Å². The largest absolute Gasteiger partial charge is 0.469 e. The Morgan fingerprint density at radius 2 is 1.97 bits per heavy atom. The average Bonchev–Trinajstić information content (AvgIpc) is 3.26. The highest BCUT2D eigenvalue weighted by Gasteiger charge is 2.26. The Labute approximate surface area is 216 Å². The van der Waals surface area contributed by atoms with Crippen molar-refractivity contribution >= 4 is 23.1 Å². The normalized spacial score (nSPS) is 15.7. The SMILES string of the molecule is COC(=O)Cc1cccc(CCn2c(=O)c3c(nc(N4CCCC(N)C4)n3CC=C(C)C)n(C)c2=O)c1. The molecule has 1 unspecified atom stereocenters. The molecule has 0 amide bonds. The van der Waals surface area contributed by atoms with Crippen LogP contribution in [-0.2, 0) is 42.5 Å². The van der Waals surface area contributed by atoms with Crippen LogP contribution in [0.1, 0.15) is 37.8 Å². The van der Waals surface area contributed by atoms with Crippen LogP contribution in [0.5, 0.6) is 0 Å². The molecule has 1 aliphatic rings. The number of aromatic nitrogens is 4. The molecule has 2 N–H and O–H groups in total. The first-order valence-corrected chi connectivity index (χ1v) is 12.7. The molecule has 198 valence electrons. The monoisotopic (exact) mass is 508 g/mol. The first-order valence-electron chi connectivity index (χ1n) is 12.7. The molecule has 3 heterocycles. The molecule has 10 nitrogen and oxygen atoms in total. The standard InChI is InChI=1S/C27H36N6O4/c1-18(2)10-13-32-23-24(29-26(32)31-12-6-9-21(28)17-31)30(3)27(36)33(25(23)35)14-11-19-7-5-8-20(15-19)16-22(34)37-4/h5,7-8,10,15,21H,6,9,11-14,16-17,28H2,1-4H3. The van der Waals surface area contributed by atoms with Crippen LogP contribution in [0.3, 0.4) is 0 Å². The zero-order valence-corrected chi connectivity index (χ0v) is 22.1. The van der Waals surface area contributed by atoms with Gasteiger partial charge in [-0.3, -0.25) is 18.7 Å². The van der Waals surface area contributed by atoms with E-state index < -0.39 is 5.69 Å². The predicted molar refractivity (Wildman–Crippen MR) is 144 cm³/mol. The molecule has 0 aliphatic carbocycles. The Kier molecular flexibility index (Phi) is 7.97. The summed E-state index contributed by atoms with van der Waals surface area (Å²) >= 11 is 0. The maximum Gasteiger partial charge on any atom is 0.332 e. The lowest BCUT2D eigenvalue weighted by molar-refractivity contribution is -0.139. The number of carbonyl (C=O) groups is 1. The van der Waals surface area contributed by atoms with Gasteiger partial charge in [0.15, 0.2) is 11.2 Å². The van der Waals surface area contributed by atoms with E-state index >= 15 is 0 Å². The molecule has 0 radical (unpaired) electrons. The number of nitrogens with two attached hydrogens (primary N) is 1. The maximum absolute atomic E-state index is 13.8. The van der Waals surface area contributed by atoms with E-state index in [1.54, 1.807) is 7.05 Å². The summed E-state index contributed by atoms with van der Waals surface area (Å²) in [4.78, 5) is 45.6. The number of piperidine rings is 1. The van der Waals surface area contributed by atoms with Gasteiger partial charge in [0, 0.05) is 39.3 Å². The van der Waals surface area contributed by atoms with Gasteiger partial charge in [-0.1, -0.05) is 35.9 Å². The summed E-state index contributed by atoms with van der Waals surface area (Å²) in [5.74, 6) is 0.353. The number of hydrogen-bond donors (Lipinski definition) is 1. The Morgan fingerprint density at radius 1 is 1.22 bits per heavy atom. The van der Waals surface area contributed by atoms with Crippen LogP contribution in [0.15, 0.2) is 45.5 Å². The van der Waals surface area contributed by atoms with Gasteiger partial charge in [0.1, 0.15) is 0 Å². The van der Waals surface area contributed by atoms with Crippen LogP contribution in [0.4, 0.5) is 5.95 Å². The number of allylic oxidation sites excluding steroid dienone is 2. The lowest BCUT2D eigenvalue weighted by Gasteiger charge is -2.31. The maximum atomic E-state index is 13.8. The number of aryl methyl sites for hydroxylation is 2. The number of ether oxygens (including phenoxy) is 1. The van der Waals surface area contributed by atoms with Crippen molar-refractivity contribution in [2.45, 2.75) is 58.7 Å². The minimum atomic E-state index is -0.406. The quantitative estimate of drug-likeness (QED) is 0.364. The number of esters is 1. The second kappa shape index (κ2) is 11.2. The Bertz CT molecular complexity index is 1440. The predicted octanol–water partition coefficient (Wildman–Crippen LogP) is 1.75. The number of imidazole rings is 1. The van der Waals surface area contributed by atoms with Gasteiger partial charge in [0.2, 0.25) is 5.95 Å². The molecule has 0 saturated carbocycles. The Balaban J connectivity index is 1.75. The summed E-state index contributed by atoms with van der Waals surface area (Å²) in [5, 5.41) is 0. The van der Waals surface area contributed by atoms with E-state index in [0.717, 1.165) is 36.1 Å². The van der Waals surface area contributed by atoms with Crippen molar-refractivity contribution in [3.8, 4) is 0 Å². The fraction of sp³-hybridized carbons (Fsp3) is 0.481. The van der Waals surface area contributed by atoms with Crippen molar-refractivity contribution in [1.82, 2.24) is 18.7 Å². The zero-order chi connectivity index (χ0) is 26.7. The fourth-order valence-electron chi connectivity index (χ4n) is 4.81. The summed E-state index contributed by atoms with van der Waals surface area (Å²) < 4.78 is 9.40. The smallest absolute Gasteiger partial charge is 0.332 e. The number of carbonyl (C=O) groups excluding carboxylic acids is 1. The van der Waals surface area contributed by atoms with E-state index in [0.29, 0.717) is 36.6 Å². The number of benzene rings is 1. The van der Waals surface area contributed by atoms with Crippen LogP contribution in [0.25, 0.3) is 11.2 Å². The van der Waals surface area contributed by atoms with Crippen molar-refractivity contribution in [3.63, 3.8) is 0 Å². The number of anilines is 1. The summed E-state index contributed by atoms with van der Waals surface area (Å²) in [7, 11) is 3.01. The summed E-state index contributed by atoms with van der Waals surface area (Å²) in [6.07, 6.45) is 4.59. The van der Waals surface area contributed by atoms with Crippen molar-refractivity contribution in [1.29, 1.82) is 0 Å². The highest BCUT2D eigenvalue weighted by atomic mass is 16.5. The number of fused-ring (bicyclic) bond motifs is 1. The van der Waals surface area contributed by atoms with E-state index in [-0.39, 0.29) is 30.5 Å². The molecule has 1 aromatic carbocycles. The van der Waals surface area contributed by atoms with Crippen LogP contribution in [-0.4, -0.2) is 50.9 Å². The second-order valence-electron chi connectivity index (χ2n) is 9.95. The number of methoxy groups -OCH3 is 1. The first-order chi connectivity index (χ1) is 17.7. The topological polar surface area (TPSA) is 117 Å². The number of nitrogens with zero attached hydrogens (tertiary/aromatic N) is 5. The molecule has 10 heteroatoms. The molecule has 0 spiro atoms. The number of hydrogen-bond acceptors (Lipinski definition) is 7. The molecule has 4 rings (SSSR count). The van der Waals surface area contributed by atoms with Crippen molar-refractivity contribution in [3.05, 3.63) is 67.9 Å². The lowest BCUT2D eigenvalue weighted by atomic mass is 10.1. The molecule has 1 fully saturated rings. The van der Waals surface area contributed by atoms with Gasteiger partial charge in [-0.15, -0.1) is 0 Å². The van der Waals surface area contributed by atoms with E-state index in [4.69, 9.17) is 15.5 Å². The lowest BCUT2D eigenvalue weighted by Crippen LogP contribution is -2.44. The highest BCUT2D eigenvalue weighted by molar-refractivity contribution is 5.75. The highest BCUT2D eigenvalue weighted by Crippen LogP contribution is 2.23. The van der Waals surface area contributed by atoms with E-state index in [1.807, 2.05) is 42.7 Å². The Hall–Kier alpha value is -3.66. The van der Waals surface area contributed by atoms with Crippen LogP contribution in [0, 0.1) is 0 Å². The third kappa shape index (κ3) is 5.69. The third-order valence-electron chi connectivity index (χ3n) is 6.83. The number of rotatable bonds is 8. The molecule has 1 saturated heterocycles. The molecule has 3 aromatic rings. The third-order valence-corrected chi connectivity index (χ3v) is 6.83. The summed E-state index contributed by atoms with van der Waals surface area (Å²) in [6, 6.07) is 7.59. The Morgan fingerprint density at radius 3 is 2.68 bits per heavy atom. The van der Waals surface area contributed by atoms with Gasteiger partial charge in [-0.2, -0.15) is 4.98 Å². The molecular formula is C27H36N6O4. The summed E-state index contributed by atoms with van der Waals surface area (Å²) in [5.41, 5.74) is 9.14. The average molecular weight is 509 g/mol. The van der Waals surface area contributed by atoms with Crippen LogP contribution in [0.2, 0.25) is 0 Å². The zero-order valence-electron chi connectivity index (χ0n) is 22.1. The van der Waals surface area contributed by atoms with E-state index in [9.17, 15) is 14.4 Å². The van der Waals surface area contributed by atoms with Gasteiger partial charge in [0.25, 0.3) is 5.56 Å².